The molecule has 1 aliphatic rings. The van der Waals surface area contributed by atoms with Crippen LogP contribution in [0.5, 0.6) is 0 Å². The maximum absolute atomic E-state index is 6.02. The number of aryl methyl sites for hydroxylation is 1. The maximum atomic E-state index is 6.02. The number of hydrogen-bond acceptors (Lipinski definition) is 2. The van der Waals surface area contributed by atoms with Crippen molar-refractivity contribution in [3.8, 4) is 0 Å². The highest BCUT2D eigenvalue weighted by molar-refractivity contribution is 5.06. The molecule has 0 amide bonds. The summed E-state index contributed by atoms with van der Waals surface area (Å²) < 4.78 is 1.87. The third kappa shape index (κ3) is 1.50. The molecule has 2 N–H and O–H groups in total. The number of rotatable bonds is 3. The molecule has 2 rings (SSSR count). The molecule has 0 spiro atoms. The van der Waals surface area contributed by atoms with Crippen molar-refractivity contribution in [2.24, 2.45) is 18.7 Å². The van der Waals surface area contributed by atoms with E-state index >= 15 is 0 Å². The summed E-state index contributed by atoms with van der Waals surface area (Å²) in [6, 6.07) is 2.19. The molecule has 1 saturated carbocycles. The summed E-state index contributed by atoms with van der Waals surface area (Å²) in [5.41, 5.74) is 7.17. The zero-order valence-electron chi connectivity index (χ0n) is 7.40. The Morgan fingerprint density at radius 1 is 1.75 bits per heavy atom. The van der Waals surface area contributed by atoms with Gasteiger partial charge in [-0.25, -0.2) is 0 Å². The maximum Gasteiger partial charge on any atom is 0.0548 e. The Kier molecular flexibility index (Phi) is 1.89. The van der Waals surface area contributed by atoms with Crippen LogP contribution in [0, 0.1) is 5.92 Å². The summed E-state index contributed by atoms with van der Waals surface area (Å²) in [7, 11) is 1.95. The van der Waals surface area contributed by atoms with Crippen molar-refractivity contribution in [3.63, 3.8) is 0 Å². The summed E-state index contributed by atoms with van der Waals surface area (Å²) in [6.45, 7) is 0. The molecule has 3 heteroatoms. The zero-order chi connectivity index (χ0) is 8.55. The van der Waals surface area contributed by atoms with Gasteiger partial charge in [0.2, 0.25) is 0 Å². The average Bonchev–Trinajstić information content (AvgIpc) is 2.72. The monoisotopic (exact) mass is 165 g/mol. The highest BCUT2D eigenvalue weighted by atomic mass is 15.3. The minimum atomic E-state index is 0.185. The Hall–Kier alpha value is -0.830. The Labute approximate surface area is 72.6 Å². The van der Waals surface area contributed by atoms with Gasteiger partial charge in [0.25, 0.3) is 0 Å². The van der Waals surface area contributed by atoms with Gasteiger partial charge in [0.1, 0.15) is 0 Å². The molecule has 1 atom stereocenters. The molecule has 1 aliphatic carbocycles. The SMILES string of the molecule is Cn1nccc1C(N)CC1CC1. The largest absolute Gasteiger partial charge is 0.323 e. The van der Waals surface area contributed by atoms with E-state index in [1.807, 2.05) is 24.0 Å². The molecule has 0 aromatic carbocycles. The van der Waals surface area contributed by atoms with E-state index in [1.54, 1.807) is 0 Å². The Balaban J connectivity index is 2.02. The van der Waals surface area contributed by atoms with Gasteiger partial charge in [-0.15, -0.1) is 0 Å². The topological polar surface area (TPSA) is 43.8 Å². The van der Waals surface area contributed by atoms with E-state index < -0.39 is 0 Å². The van der Waals surface area contributed by atoms with Crippen LogP contribution in [0.4, 0.5) is 0 Å². The first-order valence-corrected chi connectivity index (χ1v) is 4.51. The van der Waals surface area contributed by atoms with E-state index in [1.165, 1.54) is 12.8 Å². The predicted molar refractivity (Wildman–Crippen MR) is 47.5 cm³/mol. The lowest BCUT2D eigenvalue weighted by atomic mass is 10.1. The van der Waals surface area contributed by atoms with Crippen LogP contribution in [0.1, 0.15) is 31.0 Å². The second-order valence-corrected chi connectivity index (χ2v) is 3.67. The summed E-state index contributed by atoms with van der Waals surface area (Å²) in [4.78, 5) is 0. The molecule has 0 bridgehead atoms. The van der Waals surface area contributed by atoms with E-state index in [2.05, 4.69) is 5.10 Å². The van der Waals surface area contributed by atoms with Crippen LogP contribution in [0.2, 0.25) is 0 Å². The third-order valence-electron chi connectivity index (χ3n) is 2.52. The van der Waals surface area contributed by atoms with Gasteiger partial charge in [-0.2, -0.15) is 5.10 Å². The van der Waals surface area contributed by atoms with Gasteiger partial charge in [0.05, 0.1) is 5.69 Å². The highest BCUT2D eigenvalue weighted by Gasteiger charge is 2.25. The first kappa shape index (κ1) is 7.80. The summed E-state index contributed by atoms with van der Waals surface area (Å²) in [6.07, 6.45) is 5.67. The molecule has 1 heterocycles. The Morgan fingerprint density at radius 2 is 2.50 bits per heavy atom. The number of aromatic nitrogens is 2. The molecule has 1 aromatic rings. The molecule has 0 saturated heterocycles. The molecular formula is C9H15N3. The van der Waals surface area contributed by atoms with E-state index in [9.17, 15) is 0 Å². The first-order valence-electron chi connectivity index (χ1n) is 4.51. The van der Waals surface area contributed by atoms with Crippen LogP contribution in [0.25, 0.3) is 0 Å². The van der Waals surface area contributed by atoms with Crippen LogP contribution in [0.3, 0.4) is 0 Å². The van der Waals surface area contributed by atoms with Gasteiger partial charge in [0, 0.05) is 19.3 Å². The summed E-state index contributed by atoms with van der Waals surface area (Å²) >= 11 is 0. The fourth-order valence-electron chi connectivity index (χ4n) is 1.58. The predicted octanol–water partition coefficient (Wildman–Crippen LogP) is 1.22. The second kappa shape index (κ2) is 2.90. The van der Waals surface area contributed by atoms with Gasteiger partial charge >= 0.3 is 0 Å². The minimum absolute atomic E-state index is 0.185. The van der Waals surface area contributed by atoms with Gasteiger partial charge < -0.3 is 5.73 Å². The zero-order valence-corrected chi connectivity index (χ0v) is 7.40. The summed E-state index contributed by atoms with van der Waals surface area (Å²) in [5.74, 6) is 0.884. The van der Waals surface area contributed by atoms with Crippen molar-refractivity contribution < 1.29 is 0 Å². The number of nitrogens with zero attached hydrogens (tertiary/aromatic N) is 2. The fourth-order valence-corrected chi connectivity index (χ4v) is 1.58. The van der Waals surface area contributed by atoms with Crippen molar-refractivity contribution in [2.45, 2.75) is 25.3 Å². The highest BCUT2D eigenvalue weighted by Crippen LogP contribution is 2.36. The van der Waals surface area contributed by atoms with Gasteiger partial charge in [-0.3, -0.25) is 4.68 Å². The van der Waals surface area contributed by atoms with Gasteiger partial charge in [0.15, 0.2) is 0 Å². The lowest BCUT2D eigenvalue weighted by Crippen LogP contribution is -2.15. The average molecular weight is 165 g/mol. The van der Waals surface area contributed by atoms with Crippen molar-refractivity contribution >= 4 is 0 Å². The number of hydrogen-bond donors (Lipinski definition) is 1. The van der Waals surface area contributed by atoms with Crippen molar-refractivity contribution in [3.05, 3.63) is 18.0 Å². The normalized spacial score (nSPS) is 19.5. The lowest BCUT2D eigenvalue weighted by molar-refractivity contribution is 0.548. The molecule has 12 heavy (non-hydrogen) atoms. The molecule has 1 fully saturated rings. The van der Waals surface area contributed by atoms with E-state index in [-0.39, 0.29) is 6.04 Å². The minimum Gasteiger partial charge on any atom is -0.323 e. The molecule has 66 valence electrons. The van der Waals surface area contributed by atoms with Crippen LogP contribution in [0.15, 0.2) is 12.3 Å². The second-order valence-electron chi connectivity index (χ2n) is 3.67. The van der Waals surface area contributed by atoms with Crippen LogP contribution >= 0.6 is 0 Å². The molecule has 1 unspecified atom stereocenters. The molecular weight excluding hydrogens is 150 g/mol. The lowest BCUT2D eigenvalue weighted by Gasteiger charge is -2.10. The quantitative estimate of drug-likeness (QED) is 0.731. The molecule has 0 radical (unpaired) electrons. The Morgan fingerprint density at radius 3 is 3.00 bits per heavy atom. The standard InChI is InChI=1S/C9H15N3/c1-12-9(4-5-11-12)8(10)6-7-2-3-7/h4-5,7-8H,2-3,6,10H2,1H3. The number of nitrogens with two attached hydrogens (primary N) is 1. The third-order valence-corrected chi connectivity index (χ3v) is 2.52. The van der Waals surface area contributed by atoms with E-state index in [0.29, 0.717) is 0 Å². The summed E-state index contributed by atoms with van der Waals surface area (Å²) in [5, 5.41) is 4.10. The van der Waals surface area contributed by atoms with Crippen molar-refractivity contribution in [2.75, 3.05) is 0 Å². The molecule has 3 nitrogen and oxygen atoms in total. The van der Waals surface area contributed by atoms with Crippen LogP contribution in [-0.2, 0) is 7.05 Å². The van der Waals surface area contributed by atoms with Gasteiger partial charge in [-0.05, 0) is 18.4 Å². The Bertz CT molecular complexity index is 262. The van der Waals surface area contributed by atoms with E-state index in [0.717, 1.165) is 18.0 Å². The van der Waals surface area contributed by atoms with Gasteiger partial charge in [-0.1, -0.05) is 12.8 Å². The van der Waals surface area contributed by atoms with E-state index in [4.69, 9.17) is 5.73 Å². The van der Waals surface area contributed by atoms with Crippen LogP contribution < -0.4 is 5.73 Å². The molecule has 0 aliphatic heterocycles. The van der Waals surface area contributed by atoms with Crippen molar-refractivity contribution in [1.82, 2.24) is 9.78 Å². The van der Waals surface area contributed by atoms with Crippen molar-refractivity contribution in [1.29, 1.82) is 0 Å². The molecule has 1 aromatic heterocycles. The smallest absolute Gasteiger partial charge is 0.0548 e. The van der Waals surface area contributed by atoms with Crippen LogP contribution in [-0.4, -0.2) is 9.78 Å². The fraction of sp³-hybridized carbons (Fsp3) is 0.667. The first-order chi connectivity index (χ1) is 5.77.